The maximum absolute atomic E-state index is 11.6. The summed E-state index contributed by atoms with van der Waals surface area (Å²) in [4.78, 5) is 17.8. The first kappa shape index (κ1) is 17.6. The molecule has 5 rings (SSSR count). The number of nitrogens with one attached hydrogen (secondary N) is 1. The van der Waals surface area contributed by atoms with E-state index in [0.29, 0.717) is 17.7 Å². The first-order valence-corrected chi connectivity index (χ1v) is 10.0. The molecule has 0 radical (unpaired) electrons. The lowest BCUT2D eigenvalue weighted by molar-refractivity contribution is -0.141. The molecule has 6 heteroatoms. The molecule has 3 aliphatic rings. The molecule has 4 heterocycles. The SMILES string of the molecule is COc1ccc2c3c([nH]c2c1)[C@@H]1C[C@@H]2C(OC(C)=O)=COC(C)C2CN1CC3. The summed E-state index contributed by atoms with van der Waals surface area (Å²) in [5.41, 5.74) is 3.84. The molecule has 2 unspecified atom stereocenters. The molecule has 3 aliphatic heterocycles. The number of piperidine rings is 1. The zero-order valence-electron chi connectivity index (χ0n) is 16.5. The predicted molar refractivity (Wildman–Crippen MR) is 105 cm³/mol. The van der Waals surface area contributed by atoms with Crippen molar-refractivity contribution in [3.63, 3.8) is 0 Å². The molecule has 1 fully saturated rings. The Kier molecular flexibility index (Phi) is 4.12. The van der Waals surface area contributed by atoms with Crippen LogP contribution in [0.3, 0.4) is 0 Å². The number of allylic oxidation sites excluding steroid dienone is 1. The number of aromatic nitrogens is 1. The fourth-order valence-corrected chi connectivity index (χ4v) is 5.26. The van der Waals surface area contributed by atoms with Crippen molar-refractivity contribution in [2.45, 2.75) is 38.8 Å². The summed E-state index contributed by atoms with van der Waals surface area (Å²) in [6.45, 7) is 5.56. The molecule has 0 spiro atoms. The molecule has 4 atom stereocenters. The number of hydrogen-bond donors (Lipinski definition) is 1. The maximum atomic E-state index is 11.6. The summed E-state index contributed by atoms with van der Waals surface area (Å²) in [7, 11) is 1.70. The molecule has 0 saturated carbocycles. The summed E-state index contributed by atoms with van der Waals surface area (Å²) in [6.07, 6.45) is 3.74. The molecule has 0 aliphatic carbocycles. The van der Waals surface area contributed by atoms with Gasteiger partial charge < -0.3 is 19.2 Å². The van der Waals surface area contributed by atoms with Gasteiger partial charge in [0.15, 0.2) is 0 Å². The number of nitrogens with zero attached hydrogens (tertiary/aromatic N) is 1. The minimum absolute atomic E-state index is 0.124. The standard InChI is InChI=1S/C22H26N2O4/c1-12-18-10-24-7-6-16-15-5-4-14(26-3)8-19(15)23-22(16)20(24)9-17(18)21(11-27-12)28-13(2)25/h4-5,8,11-12,17-18,20,23H,6-7,9-10H2,1-3H3/t12?,17-,18?,20-/m0/s1. The van der Waals surface area contributed by atoms with Crippen LogP contribution in [0.4, 0.5) is 0 Å². The van der Waals surface area contributed by atoms with Gasteiger partial charge in [-0.1, -0.05) is 0 Å². The van der Waals surface area contributed by atoms with Crippen LogP contribution in [0.1, 0.15) is 37.6 Å². The third-order valence-corrected chi connectivity index (χ3v) is 6.64. The van der Waals surface area contributed by atoms with Crippen molar-refractivity contribution in [3.8, 4) is 5.75 Å². The second-order valence-electron chi connectivity index (χ2n) is 8.15. The zero-order chi connectivity index (χ0) is 19.4. The van der Waals surface area contributed by atoms with Crippen LogP contribution in [0.25, 0.3) is 10.9 Å². The van der Waals surface area contributed by atoms with Gasteiger partial charge in [0.05, 0.1) is 19.3 Å². The van der Waals surface area contributed by atoms with Crippen molar-refractivity contribution >= 4 is 16.9 Å². The highest BCUT2D eigenvalue weighted by molar-refractivity contribution is 5.86. The van der Waals surface area contributed by atoms with Gasteiger partial charge in [-0.2, -0.15) is 0 Å². The third kappa shape index (κ3) is 2.70. The van der Waals surface area contributed by atoms with Crippen LogP contribution in [-0.2, 0) is 20.7 Å². The maximum Gasteiger partial charge on any atom is 0.307 e. The Balaban J connectivity index is 1.52. The van der Waals surface area contributed by atoms with Gasteiger partial charge in [-0.15, -0.1) is 0 Å². The summed E-state index contributed by atoms with van der Waals surface area (Å²) in [5, 5.41) is 1.29. The van der Waals surface area contributed by atoms with Crippen molar-refractivity contribution in [1.82, 2.24) is 9.88 Å². The minimum Gasteiger partial charge on any atom is -0.497 e. The molecular weight excluding hydrogens is 356 g/mol. The molecule has 0 amide bonds. The van der Waals surface area contributed by atoms with Crippen molar-refractivity contribution in [2.75, 3.05) is 20.2 Å². The number of fused-ring (bicyclic) bond motifs is 6. The fraction of sp³-hybridized carbons (Fsp3) is 0.500. The Labute approximate surface area is 164 Å². The average Bonchev–Trinajstić information content (AvgIpc) is 3.07. The number of carbonyl (C=O) groups excluding carboxylic acids is 1. The topological polar surface area (TPSA) is 63.8 Å². The predicted octanol–water partition coefficient (Wildman–Crippen LogP) is 3.54. The Morgan fingerprint density at radius 3 is 3.00 bits per heavy atom. The van der Waals surface area contributed by atoms with Crippen LogP contribution in [0, 0.1) is 11.8 Å². The van der Waals surface area contributed by atoms with Crippen LogP contribution in [-0.4, -0.2) is 42.2 Å². The van der Waals surface area contributed by atoms with E-state index in [2.05, 4.69) is 28.9 Å². The Hall–Kier alpha value is -2.47. The molecule has 148 valence electrons. The van der Waals surface area contributed by atoms with E-state index in [9.17, 15) is 4.79 Å². The van der Waals surface area contributed by atoms with E-state index < -0.39 is 0 Å². The number of H-pyrrole nitrogens is 1. The monoisotopic (exact) mass is 382 g/mol. The number of esters is 1. The first-order chi connectivity index (χ1) is 13.5. The lowest BCUT2D eigenvalue weighted by Crippen LogP contribution is -2.51. The van der Waals surface area contributed by atoms with Gasteiger partial charge in [0.1, 0.15) is 17.8 Å². The van der Waals surface area contributed by atoms with Crippen molar-refractivity contribution < 1.29 is 19.0 Å². The fourth-order valence-electron chi connectivity index (χ4n) is 5.26. The molecular formula is C22H26N2O4. The van der Waals surface area contributed by atoms with Gasteiger partial charge in [-0.3, -0.25) is 9.69 Å². The van der Waals surface area contributed by atoms with Crippen molar-refractivity contribution in [3.05, 3.63) is 41.5 Å². The minimum atomic E-state index is -0.285. The van der Waals surface area contributed by atoms with E-state index in [1.807, 2.05) is 6.07 Å². The second kappa shape index (κ2) is 6.55. The molecule has 0 bridgehead atoms. The summed E-state index contributed by atoms with van der Waals surface area (Å²) >= 11 is 0. The van der Waals surface area contributed by atoms with Gasteiger partial charge in [-0.05, 0) is 37.5 Å². The van der Waals surface area contributed by atoms with E-state index in [4.69, 9.17) is 14.2 Å². The normalized spacial score (nSPS) is 29.2. The smallest absolute Gasteiger partial charge is 0.307 e. The number of ether oxygens (including phenoxy) is 3. The third-order valence-electron chi connectivity index (χ3n) is 6.64. The molecule has 1 N–H and O–H groups in total. The Bertz CT molecular complexity index is 963. The van der Waals surface area contributed by atoms with E-state index in [1.54, 1.807) is 13.4 Å². The molecule has 1 aromatic carbocycles. The highest BCUT2D eigenvalue weighted by Gasteiger charge is 2.46. The highest BCUT2D eigenvalue weighted by atomic mass is 16.6. The average molecular weight is 382 g/mol. The highest BCUT2D eigenvalue weighted by Crippen LogP contribution is 2.47. The summed E-state index contributed by atoms with van der Waals surface area (Å²) < 4.78 is 16.7. The number of hydrogen-bond acceptors (Lipinski definition) is 5. The summed E-state index contributed by atoms with van der Waals surface area (Å²) in [5.74, 6) is 1.79. The van der Waals surface area contributed by atoms with Gasteiger partial charge in [0.25, 0.3) is 0 Å². The van der Waals surface area contributed by atoms with Crippen LogP contribution >= 0.6 is 0 Å². The van der Waals surface area contributed by atoms with Crippen LogP contribution < -0.4 is 4.74 Å². The zero-order valence-corrected chi connectivity index (χ0v) is 16.5. The van der Waals surface area contributed by atoms with Gasteiger partial charge in [0, 0.05) is 54.5 Å². The van der Waals surface area contributed by atoms with Crippen LogP contribution in [0.2, 0.25) is 0 Å². The molecule has 1 saturated heterocycles. The van der Waals surface area contributed by atoms with Crippen LogP contribution in [0.15, 0.2) is 30.2 Å². The van der Waals surface area contributed by atoms with Crippen LogP contribution in [0.5, 0.6) is 5.75 Å². The summed E-state index contributed by atoms with van der Waals surface area (Å²) in [6, 6.07) is 6.56. The van der Waals surface area contributed by atoms with E-state index >= 15 is 0 Å². The van der Waals surface area contributed by atoms with Crippen molar-refractivity contribution in [2.24, 2.45) is 11.8 Å². The quantitative estimate of drug-likeness (QED) is 0.805. The van der Waals surface area contributed by atoms with Gasteiger partial charge in [-0.25, -0.2) is 0 Å². The Morgan fingerprint density at radius 1 is 1.36 bits per heavy atom. The number of methoxy groups -OCH3 is 1. The largest absolute Gasteiger partial charge is 0.497 e. The number of carbonyl (C=O) groups is 1. The van der Waals surface area contributed by atoms with E-state index in [1.165, 1.54) is 23.6 Å². The lowest BCUT2D eigenvalue weighted by atomic mass is 9.74. The molecule has 2 aromatic rings. The van der Waals surface area contributed by atoms with E-state index in [-0.39, 0.29) is 18.0 Å². The number of rotatable bonds is 2. The van der Waals surface area contributed by atoms with E-state index in [0.717, 1.165) is 37.2 Å². The number of aromatic amines is 1. The second-order valence-corrected chi connectivity index (χ2v) is 8.15. The molecule has 6 nitrogen and oxygen atoms in total. The van der Waals surface area contributed by atoms with Crippen molar-refractivity contribution in [1.29, 1.82) is 0 Å². The molecule has 28 heavy (non-hydrogen) atoms. The lowest BCUT2D eigenvalue weighted by Gasteiger charge is -2.49. The van der Waals surface area contributed by atoms with Gasteiger partial charge >= 0.3 is 5.97 Å². The first-order valence-electron chi connectivity index (χ1n) is 10.0. The molecule has 1 aromatic heterocycles. The Morgan fingerprint density at radius 2 is 2.21 bits per heavy atom. The van der Waals surface area contributed by atoms with Gasteiger partial charge in [0.2, 0.25) is 0 Å². The number of benzene rings is 1.